The van der Waals surface area contributed by atoms with Crippen molar-refractivity contribution in [2.24, 2.45) is 0 Å². The maximum absolute atomic E-state index is 12.3. The lowest BCUT2D eigenvalue weighted by molar-refractivity contribution is 0.104. The van der Waals surface area contributed by atoms with Gasteiger partial charge in [-0.3, -0.25) is 0 Å². The van der Waals surface area contributed by atoms with Crippen LogP contribution in [-0.2, 0) is 4.74 Å². The Bertz CT molecular complexity index is 706. The molecule has 0 radical (unpaired) electrons. The fraction of sp³-hybridized carbons (Fsp3) is 0.312. The van der Waals surface area contributed by atoms with Crippen molar-refractivity contribution in [3.05, 3.63) is 41.1 Å². The Labute approximate surface area is 134 Å². The summed E-state index contributed by atoms with van der Waals surface area (Å²) in [6.07, 6.45) is -0.807. The van der Waals surface area contributed by atoms with Crippen molar-refractivity contribution in [2.45, 2.75) is 19.9 Å². The minimum absolute atomic E-state index is 0.123. The summed E-state index contributed by atoms with van der Waals surface area (Å²) in [6.45, 7) is 3.39. The van der Waals surface area contributed by atoms with Gasteiger partial charge in [-0.05, 0) is 31.5 Å². The second-order valence-electron chi connectivity index (χ2n) is 4.83. The molecule has 0 aromatic heterocycles. The number of carbonyl (C=O) groups is 2. The second kappa shape index (κ2) is 6.83. The zero-order valence-electron chi connectivity index (χ0n) is 13.1. The van der Waals surface area contributed by atoms with Crippen LogP contribution < -0.4 is 10.1 Å². The quantitative estimate of drug-likeness (QED) is 0.926. The van der Waals surface area contributed by atoms with Gasteiger partial charge in [0.25, 0.3) is 0 Å². The monoisotopic (exact) mass is 315 g/mol. The van der Waals surface area contributed by atoms with Gasteiger partial charge in [0.15, 0.2) is 0 Å². The molecule has 1 aliphatic rings. The lowest BCUT2D eigenvalue weighted by Crippen LogP contribution is -2.50. The smallest absolute Gasteiger partial charge is 0.418 e. The minimum atomic E-state index is -0.858. The minimum Gasteiger partial charge on any atom is -0.497 e. The zero-order valence-corrected chi connectivity index (χ0v) is 13.1. The second-order valence-corrected chi connectivity index (χ2v) is 4.83. The highest BCUT2D eigenvalue weighted by atomic mass is 16.6. The van der Waals surface area contributed by atoms with E-state index in [1.54, 1.807) is 38.1 Å². The Kier molecular flexibility index (Phi) is 4.86. The number of allylic oxidation sites excluding steroid dienone is 1. The highest BCUT2D eigenvalue weighted by Gasteiger charge is 2.39. The number of nitrogens with one attached hydrogen (secondary N) is 1. The molecule has 23 heavy (non-hydrogen) atoms. The number of imide groups is 1. The molecule has 1 aromatic rings. The van der Waals surface area contributed by atoms with Crippen molar-refractivity contribution in [2.75, 3.05) is 13.7 Å². The summed E-state index contributed by atoms with van der Waals surface area (Å²) in [7, 11) is 1.52. The highest BCUT2D eigenvalue weighted by Crippen LogP contribution is 2.34. The standard InChI is InChI=1S/C16H17N3O4/c1-4-23-16(21)19-14(11-6-5-7-12(8-11)22-3)13(9-17)10(2)18-15(19)20/h5-8,14H,4H2,1-3H3,(H,18,20). The van der Waals surface area contributed by atoms with Gasteiger partial charge in [-0.15, -0.1) is 0 Å². The van der Waals surface area contributed by atoms with E-state index >= 15 is 0 Å². The molecule has 7 nitrogen and oxygen atoms in total. The third-order valence-electron chi connectivity index (χ3n) is 3.44. The number of urea groups is 1. The van der Waals surface area contributed by atoms with Crippen LogP contribution in [0, 0.1) is 11.3 Å². The van der Waals surface area contributed by atoms with Crippen molar-refractivity contribution < 1.29 is 19.1 Å². The van der Waals surface area contributed by atoms with Crippen molar-refractivity contribution in [1.29, 1.82) is 5.26 Å². The van der Waals surface area contributed by atoms with Gasteiger partial charge >= 0.3 is 12.1 Å². The molecule has 1 N–H and O–H groups in total. The molecule has 1 aliphatic heterocycles. The lowest BCUT2D eigenvalue weighted by atomic mass is 9.95. The topological polar surface area (TPSA) is 91.7 Å². The number of rotatable bonds is 3. The molecule has 3 amide bonds. The number of ether oxygens (including phenoxy) is 2. The van der Waals surface area contributed by atoms with E-state index in [0.29, 0.717) is 17.0 Å². The molecule has 1 aromatic carbocycles. The van der Waals surface area contributed by atoms with Gasteiger partial charge in [0.1, 0.15) is 11.8 Å². The number of nitrogens with zero attached hydrogens (tertiary/aromatic N) is 2. The summed E-state index contributed by atoms with van der Waals surface area (Å²) >= 11 is 0. The van der Waals surface area contributed by atoms with E-state index in [4.69, 9.17) is 9.47 Å². The number of hydrogen-bond donors (Lipinski definition) is 1. The maximum Gasteiger partial charge on any atom is 0.418 e. The maximum atomic E-state index is 12.3. The number of methoxy groups -OCH3 is 1. The Morgan fingerprint density at radius 3 is 2.83 bits per heavy atom. The van der Waals surface area contributed by atoms with Crippen molar-refractivity contribution in [1.82, 2.24) is 10.2 Å². The number of benzene rings is 1. The summed E-state index contributed by atoms with van der Waals surface area (Å²) in [5.74, 6) is 0.562. The molecular weight excluding hydrogens is 298 g/mol. The number of nitriles is 1. The van der Waals surface area contributed by atoms with Crippen LogP contribution in [-0.4, -0.2) is 30.7 Å². The molecule has 0 spiro atoms. The molecule has 0 bridgehead atoms. The third kappa shape index (κ3) is 3.11. The first-order valence-electron chi connectivity index (χ1n) is 7.05. The van der Waals surface area contributed by atoms with E-state index in [1.165, 1.54) is 7.11 Å². The van der Waals surface area contributed by atoms with Gasteiger partial charge in [-0.25, -0.2) is 14.5 Å². The Morgan fingerprint density at radius 2 is 2.22 bits per heavy atom. The Hall–Kier alpha value is -3.01. The molecular formula is C16H17N3O4. The van der Waals surface area contributed by atoms with Crippen molar-refractivity contribution in [3.8, 4) is 11.8 Å². The van der Waals surface area contributed by atoms with E-state index in [-0.39, 0.29) is 12.2 Å². The number of hydrogen-bond acceptors (Lipinski definition) is 5. The van der Waals surface area contributed by atoms with Crippen LogP contribution in [0.25, 0.3) is 0 Å². The van der Waals surface area contributed by atoms with Crippen LogP contribution in [0.2, 0.25) is 0 Å². The Balaban J connectivity index is 2.58. The molecule has 120 valence electrons. The largest absolute Gasteiger partial charge is 0.497 e. The molecule has 0 saturated carbocycles. The average Bonchev–Trinajstić information content (AvgIpc) is 2.54. The average molecular weight is 315 g/mol. The van der Waals surface area contributed by atoms with E-state index in [1.807, 2.05) is 0 Å². The van der Waals surface area contributed by atoms with E-state index in [2.05, 4.69) is 11.4 Å². The first-order chi connectivity index (χ1) is 11.0. The van der Waals surface area contributed by atoms with Gasteiger partial charge in [-0.1, -0.05) is 12.1 Å². The Morgan fingerprint density at radius 1 is 1.48 bits per heavy atom. The predicted molar refractivity (Wildman–Crippen MR) is 81.4 cm³/mol. The number of amides is 3. The molecule has 0 fully saturated rings. The molecule has 1 atom stereocenters. The fourth-order valence-corrected chi connectivity index (χ4v) is 2.39. The first kappa shape index (κ1) is 16.4. The van der Waals surface area contributed by atoms with Crippen LogP contribution in [0.15, 0.2) is 35.5 Å². The molecule has 2 rings (SSSR count). The lowest BCUT2D eigenvalue weighted by Gasteiger charge is -2.34. The van der Waals surface area contributed by atoms with Crippen molar-refractivity contribution >= 4 is 12.1 Å². The number of carbonyl (C=O) groups excluding carboxylic acids is 2. The van der Waals surface area contributed by atoms with Gasteiger partial charge < -0.3 is 14.8 Å². The summed E-state index contributed by atoms with van der Waals surface area (Å²) in [5, 5.41) is 12.0. The van der Waals surface area contributed by atoms with Gasteiger partial charge in [0.05, 0.1) is 25.4 Å². The summed E-state index contributed by atoms with van der Waals surface area (Å²) in [6, 6.07) is 7.45. The summed E-state index contributed by atoms with van der Waals surface area (Å²) < 4.78 is 10.1. The van der Waals surface area contributed by atoms with E-state index in [9.17, 15) is 14.9 Å². The van der Waals surface area contributed by atoms with Crippen LogP contribution in [0.5, 0.6) is 5.75 Å². The van der Waals surface area contributed by atoms with Crippen molar-refractivity contribution in [3.63, 3.8) is 0 Å². The van der Waals surface area contributed by atoms with Crippen LogP contribution >= 0.6 is 0 Å². The van der Waals surface area contributed by atoms with Gasteiger partial charge in [0, 0.05) is 5.70 Å². The van der Waals surface area contributed by atoms with Crippen LogP contribution in [0.1, 0.15) is 25.5 Å². The predicted octanol–water partition coefficient (Wildman–Crippen LogP) is 2.72. The van der Waals surface area contributed by atoms with E-state index in [0.717, 1.165) is 4.90 Å². The third-order valence-corrected chi connectivity index (χ3v) is 3.44. The van der Waals surface area contributed by atoms with Gasteiger partial charge in [0.2, 0.25) is 0 Å². The van der Waals surface area contributed by atoms with Crippen LogP contribution in [0.4, 0.5) is 9.59 Å². The van der Waals surface area contributed by atoms with E-state index < -0.39 is 18.2 Å². The molecule has 0 saturated heterocycles. The normalized spacial score (nSPS) is 17.4. The van der Waals surface area contributed by atoms with Crippen LogP contribution in [0.3, 0.4) is 0 Å². The SMILES string of the molecule is CCOC(=O)N1C(=O)NC(C)=C(C#N)C1c1cccc(OC)c1. The van der Waals surface area contributed by atoms with Gasteiger partial charge in [-0.2, -0.15) is 5.26 Å². The summed E-state index contributed by atoms with van der Waals surface area (Å²) in [5.41, 5.74) is 1.26. The fourth-order valence-electron chi connectivity index (χ4n) is 2.39. The molecule has 0 aliphatic carbocycles. The molecule has 1 unspecified atom stereocenters. The highest BCUT2D eigenvalue weighted by molar-refractivity contribution is 5.94. The summed E-state index contributed by atoms with van der Waals surface area (Å²) in [4.78, 5) is 25.4. The zero-order chi connectivity index (χ0) is 17.0. The molecule has 1 heterocycles. The molecule has 7 heteroatoms. The first-order valence-corrected chi connectivity index (χ1v) is 7.05.